The van der Waals surface area contributed by atoms with E-state index in [1.165, 1.54) is 0 Å². The lowest BCUT2D eigenvalue weighted by atomic mass is 9.78. The van der Waals surface area contributed by atoms with Gasteiger partial charge in [0.15, 0.2) is 0 Å². The summed E-state index contributed by atoms with van der Waals surface area (Å²) in [6, 6.07) is 7.47. The zero-order valence-corrected chi connectivity index (χ0v) is 11.1. The first-order chi connectivity index (χ1) is 8.46. The van der Waals surface area contributed by atoms with E-state index in [9.17, 15) is 4.79 Å². The van der Waals surface area contributed by atoms with Crippen LogP contribution in [0.2, 0.25) is 0 Å². The van der Waals surface area contributed by atoms with E-state index in [4.69, 9.17) is 10.5 Å². The molecule has 0 spiro atoms. The van der Waals surface area contributed by atoms with E-state index in [0.717, 1.165) is 17.9 Å². The predicted octanol–water partition coefficient (Wildman–Crippen LogP) is 1.79. The molecule has 1 fully saturated rings. The summed E-state index contributed by atoms with van der Waals surface area (Å²) in [7, 11) is 1.63. The number of carbonyl (C=O) groups excluding carboxylic acids is 1. The summed E-state index contributed by atoms with van der Waals surface area (Å²) in [5.41, 5.74) is 6.42. The monoisotopic (exact) mass is 248 g/mol. The summed E-state index contributed by atoms with van der Waals surface area (Å²) < 4.78 is 5.12. The van der Waals surface area contributed by atoms with E-state index in [1.807, 2.05) is 43.0 Å². The highest BCUT2D eigenvalue weighted by Gasteiger charge is 2.41. The van der Waals surface area contributed by atoms with Gasteiger partial charge in [0.05, 0.1) is 12.5 Å². The number of piperidine rings is 1. The van der Waals surface area contributed by atoms with Gasteiger partial charge in [-0.3, -0.25) is 4.79 Å². The van der Waals surface area contributed by atoms with Crippen LogP contribution in [0.25, 0.3) is 0 Å². The minimum atomic E-state index is -0.502. The molecule has 0 bridgehead atoms. The number of rotatable bonds is 2. The quantitative estimate of drug-likeness (QED) is 0.868. The van der Waals surface area contributed by atoms with Gasteiger partial charge in [0.1, 0.15) is 5.75 Å². The molecule has 2 rings (SSSR count). The van der Waals surface area contributed by atoms with Crippen molar-refractivity contribution in [3.63, 3.8) is 0 Å². The molecule has 1 unspecified atom stereocenters. The molecule has 1 atom stereocenters. The van der Waals surface area contributed by atoms with Gasteiger partial charge in [-0.2, -0.15) is 0 Å². The Labute approximate surface area is 108 Å². The minimum absolute atomic E-state index is 0.0699. The van der Waals surface area contributed by atoms with Crippen LogP contribution in [-0.2, 0) is 4.79 Å². The topological polar surface area (TPSA) is 55.6 Å². The van der Waals surface area contributed by atoms with E-state index < -0.39 is 5.41 Å². The third-order valence-corrected chi connectivity index (χ3v) is 3.77. The maximum absolute atomic E-state index is 12.4. The molecule has 1 aliphatic heterocycles. The molecule has 1 aliphatic rings. The van der Waals surface area contributed by atoms with Crippen LogP contribution in [0.1, 0.15) is 20.3 Å². The normalized spacial score (nSPS) is 23.0. The molecule has 1 aromatic rings. The number of anilines is 1. The van der Waals surface area contributed by atoms with Crippen molar-refractivity contribution in [2.24, 2.45) is 11.1 Å². The Bertz CT molecular complexity index is 440. The van der Waals surface area contributed by atoms with Gasteiger partial charge in [0.25, 0.3) is 0 Å². The van der Waals surface area contributed by atoms with Crippen LogP contribution in [-0.4, -0.2) is 25.6 Å². The maximum atomic E-state index is 12.4. The molecule has 1 amide bonds. The van der Waals surface area contributed by atoms with Gasteiger partial charge < -0.3 is 15.4 Å². The lowest BCUT2D eigenvalue weighted by Crippen LogP contribution is -2.56. The summed E-state index contributed by atoms with van der Waals surface area (Å²) in [6.45, 7) is 4.50. The van der Waals surface area contributed by atoms with E-state index in [1.54, 1.807) is 7.11 Å². The molecular weight excluding hydrogens is 228 g/mol. The number of carbonyl (C=O) groups is 1. The van der Waals surface area contributed by atoms with Gasteiger partial charge in [-0.1, -0.05) is 0 Å². The van der Waals surface area contributed by atoms with E-state index in [-0.39, 0.29) is 11.9 Å². The second kappa shape index (κ2) is 4.61. The Morgan fingerprint density at radius 2 is 1.94 bits per heavy atom. The third kappa shape index (κ3) is 2.08. The molecule has 1 saturated heterocycles. The Morgan fingerprint density at radius 1 is 1.33 bits per heavy atom. The molecular formula is C14H20N2O2. The summed E-state index contributed by atoms with van der Waals surface area (Å²) in [5, 5.41) is 0. The van der Waals surface area contributed by atoms with Crippen LogP contribution >= 0.6 is 0 Å². The Hall–Kier alpha value is -1.55. The fourth-order valence-corrected chi connectivity index (χ4v) is 2.25. The summed E-state index contributed by atoms with van der Waals surface area (Å²) >= 11 is 0. The zero-order chi connectivity index (χ0) is 13.3. The fourth-order valence-electron chi connectivity index (χ4n) is 2.25. The fraction of sp³-hybridized carbons (Fsp3) is 0.500. The molecule has 4 heteroatoms. The first-order valence-corrected chi connectivity index (χ1v) is 6.18. The van der Waals surface area contributed by atoms with Gasteiger partial charge in [0.2, 0.25) is 5.91 Å². The molecule has 2 N–H and O–H groups in total. The standard InChI is InChI=1S/C14H20N2O2/c1-14(2)12(15)8-9-16(13(14)17)10-4-6-11(18-3)7-5-10/h4-7,12H,8-9,15H2,1-3H3. The largest absolute Gasteiger partial charge is 0.497 e. The number of nitrogens with zero attached hydrogens (tertiary/aromatic N) is 1. The van der Waals surface area contributed by atoms with Gasteiger partial charge in [0, 0.05) is 18.3 Å². The summed E-state index contributed by atoms with van der Waals surface area (Å²) in [5.74, 6) is 0.880. The van der Waals surface area contributed by atoms with E-state index in [2.05, 4.69) is 0 Å². The smallest absolute Gasteiger partial charge is 0.234 e. The lowest BCUT2D eigenvalue weighted by molar-refractivity contribution is -0.129. The molecule has 98 valence electrons. The number of methoxy groups -OCH3 is 1. The number of amides is 1. The number of hydrogen-bond acceptors (Lipinski definition) is 3. The Morgan fingerprint density at radius 3 is 2.50 bits per heavy atom. The number of ether oxygens (including phenoxy) is 1. The lowest BCUT2D eigenvalue weighted by Gasteiger charge is -2.41. The van der Waals surface area contributed by atoms with Crippen LogP contribution < -0.4 is 15.4 Å². The third-order valence-electron chi connectivity index (χ3n) is 3.77. The number of nitrogens with two attached hydrogens (primary N) is 1. The van der Waals surface area contributed by atoms with Crippen LogP contribution in [0.5, 0.6) is 5.75 Å². The minimum Gasteiger partial charge on any atom is -0.497 e. The molecule has 18 heavy (non-hydrogen) atoms. The Balaban J connectivity index is 2.25. The second-order valence-corrected chi connectivity index (χ2v) is 5.27. The average molecular weight is 248 g/mol. The highest BCUT2D eigenvalue weighted by molar-refractivity contribution is 5.98. The van der Waals surface area contributed by atoms with Crippen LogP contribution in [0.3, 0.4) is 0 Å². The van der Waals surface area contributed by atoms with E-state index in [0.29, 0.717) is 6.54 Å². The first kappa shape index (κ1) is 12.9. The summed E-state index contributed by atoms with van der Waals surface area (Å²) in [6.07, 6.45) is 0.824. The van der Waals surface area contributed by atoms with Crippen LogP contribution in [0, 0.1) is 5.41 Å². The predicted molar refractivity (Wildman–Crippen MR) is 71.7 cm³/mol. The molecule has 4 nitrogen and oxygen atoms in total. The average Bonchev–Trinajstić information content (AvgIpc) is 2.37. The number of hydrogen-bond donors (Lipinski definition) is 1. The van der Waals surface area contributed by atoms with Crippen molar-refractivity contribution in [2.45, 2.75) is 26.3 Å². The molecule has 0 radical (unpaired) electrons. The van der Waals surface area contributed by atoms with Crippen molar-refractivity contribution in [3.05, 3.63) is 24.3 Å². The van der Waals surface area contributed by atoms with Crippen molar-refractivity contribution in [2.75, 3.05) is 18.6 Å². The van der Waals surface area contributed by atoms with Gasteiger partial charge in [-0.25, -0.2) is 0 Å². The molecule has 1 heterocycles. The Kier molecular flexibility index (Phi) is 3.30. The molecule has 0 aliphatic carbocycles. The van der Waals surface area contributed by atoms with Crippen molar-refractivity contribution in [1.29, 1.82) is 0 Å². The zero-order valence-electron chi connectivity index (χ0n) is 11.1. The van der Waals surface area contributed by atoms with Crippen molar-refractivity contribution >= 4 is 11.6 Å². The highest BCUT2D eigenvalue weighted by atomic mass is 16.5. The second-order valence-electron chi connectivity index (χ2n) is 5.27. The van der Waals surface area contributed by atoms with Crippen molar-refractivity contribution in [3.8, 4) is 5.75 Å². The number of benzene rings is 1. The maximum Gasteiger partial charge on any atom is 0.234 e. The van der Waals surface area contributed by atoms with Crippen molar-refractivity contribution in [1.82, 2.24) is 0 Å². The van der Waals surface area contributed by atoms with Gasteiger partial charge in [-0.15, -0.1) is 0 Å². The summed E-state index contributed by atoms with van der Waals surface area (Å²) in [4.78, 5) is 14.2. The van der Waals surface area contributed by atoms with Crippen LogP contribution in [0.4, 0.5) is 5.69 Å². The van der Waals surface area contributed by atoms with E-state index >= 15 is 0 Å². The highest BCUT2D eigenvalue weighted by Crippen LogP contribution is 2.32. The van der Waals surface area contributed by atoms with Crippen LogP contribution in [0.15, 0.2) is 24.3 Å². The van der Waals surface area contributed by atoms with Gasteiger partial charge in [-0.05, 0) is 44.5 Å². The van der Waals surface area contributed by atoms with Crippen molar-refractivity contribution < 1.29 is 9.53 Å². The molecule has 0 saturated carbocycles. The molecule has 1 aromatic carbocycles. The first-order valence-electron chi connectivity index (χ1n) is 6.18. The molecule has 0 aromatic heterocycles. The SMILES string of the molecule is COc1ccc(N2CCC(N)C(C)(C)C2=O)cc1. The van der Waals surface area contributed by atoms with Gasteiger partial charge >= 0.3 is 0 Å².